The molecule has 0 bridgehead atoms. The average molecular weight is 328 g/mol. The zero-order valence-corrected chi connectivity index (χ0v) is 14.8. The second-order valence-corrected chi connectivity index (χ2v) is 6.79. The Kier molecular flexibility index (Phi) is 5.51. The number of hydrogen-bond donors (Lipinski definition) is 2. The molecule has 1 aromatic heterocycles. The maximum absolute atomic E-state index is 12.4. The Bertz CT molecular complexity index is 686. The van der Waals surface area contributed by atoms with Crippen molar-refractivity contribution in [3.05, 3.63) is 29.6 Å². The highest BCUT2D eigenvalue weighted by Crippen LogP contribution is 2.19. The summed E-state index contributed by atoms with van der Waals surface area (Å²) >= 11 is 0. The van der Waals surface area contributed by atoms with Crippen LogP contribution >= 0.6 is 0 Å². The van der Waals surface area contributed by atoms with Crippen molar-refractivity contribution < 1.29 is 4.79 Å². The fourth-order valence-electron chi connectivity index (χ4n) is 3.46. The minimum atomic E-state index is 0.258. The zero-order chi connectivity index (χ0) is 16.9. The second-order valence-electron chi connectivity index (χ2n) is 6.79. The number of para-hydroxylation sites is 1. The van der Waals surface area contributed by atoms with Gasteiger partial charge < -0.3 is 15.2 Å². The number of likely N-dealkylation sites (tertiary alicyclic amines) is 1. The van der Waals surface area contributed by atoms with E-state index < -0.39 is 0 Å². The van der Waals surface area contributed by atoms with Gasteiger partial charge in [-0.05, 0) is 50.4 Å². The van der Waals surface area contributed by atoms with Gasteiger partial charge in [-0.15, -0.1) is 0 Å². The van der Waals surface area contributed by atoms with E-state index in [1.807, 2.05) is 17.0 Å². The van der Waals surface area contributed by atoms with Gasteiger partial charge in [0, 0.05) is 25.9 Å². The van der Waals surface area contributed by atoms with Crippen molar-refractivity contribution >= 4 is 16.9 Å². The van der Waals surface area contributed by atoms with Crippen molar-refractivity contribution in [2.24, 2.45) is 5.92 Å². The third-order valence-electron chi connectivity index (χ3n) is 4.99. The number of aromatic amines is 1. The highest BCUT2D eigenvalue weighted by molar-refractivity contribution is 5.79. The van der Waals surface area contributed by atoms with E-state index in [-0.39, 0.29) is 5.91 Å². The zero-order valence-electron chi connectivity index (χ0n) is 14.8. The van der Waals surface area contributed by atoms with Gasteiger partial charge in [-0.3, -0.25) is 4.79 Å². The number of nitrogens with zero attached hydrogens (tertiary/aromatic N) is 2. The van der Waals surface area contributed by atoms with E-state index >= 15 is 0 Å². The fraction of sp³-hybridized carbons (Fsp3) is 0.579. The molecule has 1 fully saturated rings. The quantitative estimate of drug-likeness (QED) is 0.857. The van der Waals surface area contributed by atoms with Crippen molar-refractivity contribution in [1.29, 1.82) is 0 Å². The Morgan fingerprint density at radius 1 is 1.38 bits per heavy atom. The molecular weight excluding hydrogens is 300 g/mol. The molecule has 1 aliphatic rings. The molecular formula is C19H28N4O. The molecule has 0 aliphatic carbocycles. The summed E-state index contributed by atoms with van der Waals surface area (Å²) in [6.07, 6.45) is 3.45. The first-order valence-electron chi connectivity index (χ1n) is 9.10. The normalized spacial score (nSPS) is 16.0. The van der Waals surface area contributed by atoms with E-state index in [0.717, 1.165) is 55.9 Å². The lowest BCUT2D eigenvalue weighted by molar-refractivity contribution is -0.132. The van der Waals surface area contributed by atoms with Crippen molar-refractivity contribution in [2.45, 2.75) is 39.5 Å². The molecule has 3 rings (SSSR count). The number of imidazole rings is 1. The molecule has 1 aliphatic heterocycles. The van der Waals surface area contributed by atoms with E-state index in [4.69, 9.17) is 0 Å². The van der Waals surface area contributed by atoms with Crippen LogP contribution in [0.3, 0.4) is 0 Å². The monoisotopic (exact) mass is 328 g/mol. The second kappa shape index (κ2) is 7.79. The summed E-state index contributed by atoms with van der Waals surface area (Å²) in [5, 5.41) is 3.41. The number of aromatic nitrogens is 2. The maximum Gasteiger partial charge on any atom is 0.223 e. The molecule has 130 valence electrons. The standard InChI is InChI=1S/C19H28N4O/c1-3-20-13-15-9-11-23(12-10-15)18(24)8-7-17-21-16-6-4-5-14(2)19(16)22-17/h4-6,15,20H,3,7-13H2,1-2H3,(H,21,22). The third kappa shape index (κ3) is 3.96. The Labute approximate surface area is 143 Å². The number of carbonyl (C=O) groups is 1. The number of benzene rings is 1. The van der Waals surface area contributed by atoms with Gasteiger partial charge in [-0.1, -0.05) is 19.1 Å². The van der Waals surface area contributed by atoms with Gasteiger partial charge in [0.1, 0.15) is 5.82 Å². The molecule has 5 nitrogen and oxygen atoms in total. The number of fused-ring (bicyclic) bond motifs is 1. The topological polar surface area (TPSA) is 61.0 Å². The number of hydrogen-bond acceptors (Lipinski definition) is 3. The Hall–Kier alpha value is -1.88. The van der Waals surface area contributed by atoms with Crippen LogP contribution in [0.1, 0.15) is 37.6 Å². The number of H-pyrrole nitrogens is 1. The van der Waals surface area contributed by atoms with Gasteiger partial charge in [-0.2, -0.15) is 0 Å². The highest BCUT2D eigenvalue weighted by Gasteiger charge is 2.22. The predicted octanol–water partition coefficient (Wildman–Crippen LogP) is 2.65. The molecule has 1 aromatic carbocycles. The lowest BCUT2D eigenvalue weighted by Gasteiger charge is -2.32. The molecule has 0 unspecified atom stereocenters. The number of piperidine rings is 1. The lowest BCUT2D eigenvalue weighted by Crippen LogP contribution is -2.40. The molecule has 5 heteroatoms. The van der Waals surface area contributed by atoms with Crippen LogP contribution in [0.2, 0.25) is 0 Å². The van der Waals surface area contributed by atoms with Crippen molar-refractivity contribution in [3.63, 3.8) is 0 Å². The molecule has 2 aromatic rings. The lowest BCUT2D eigenvalue weighted by atomic mass is 9.96. The van der Waals surface area contributed by atoms with Gasteiger partial charge >= 0.3 is 0 Å². The molecule has 2 heterocycles. The summed E-state index contributed by atoms with van der Waals surface area (Å²) in [6.45, 7) is 8.10. The summed E-state index contributed by atoms with van der Waals surface area (Å²) in [5.41, 5.74) is 3.25. The largest absolute Gasteiger partial charge is 0.343 e. The number of rotatable bonds is 6. The summed E-state index contributed by atoms with van der Waals surface area (Å²) in [6, 6.07) is 6.13. The molecule has 2 N–H and O–H groups in total. The molecule has 0 atom stereocenters. The first-order chi connectivity index (χ1) is 11.7. The molecule has 1 saturated heterocycles. The van der Waals surface area contributed by atoms with E-state index in [1.165, 1.54) is 5.56 Å². The fourth-order valence-corrected chi connectivity index (χ4v) is 3.46. The van der Waals surface area contributed by atoms with Gasteiger partial charge in [-0.25, -0.2) is 4.98 Å². The Morgan fingerprint density at radius 3 is 2.88 bits per heavy atom. The van der Waals surface area contributed by atoms with Crippen molar-refractivity contribution in [3.8, 4) is 0 Å². The van der Waals surface area contributed by atoms with Gasteiger partial charge in [0.15, 0.2) is 0 Å². The summed E-state index contributed by atoms with van der Waals surface area (Å²) in [4.78, 5) is 22.4. The van der Waals surface area contributed by atoms with Crippen molar-refractivity contribution in [1.82, 2.24) is 20.2 Å². The minimum Gasteiger partial charge on any atom is -0.343 e. The van der Waals surface area contributed by atoms with Crippen LogP contribution in [0.4, 0.5) is 0 Å². The van der Waals surface area contributed by atoms with Gasteiger partial charge in [0.05, 0.1) is 11.0 Å². The number of nitrogens with one attached hydrogen (secondary N) is 2. The van der Waals surface area contributed by atoms with Crippen LogP contribution in [0.5, 0.6) is 0 Å². The van der Waals surface area contributed by atoms with Crippen LogP contribution in [0.15, 0.2) is 18.2 Å². The first kappa shape index (κ1) is 17.0. The Balaban J connectivity index is 1.49. The third-order valence-corrected chi connectivity index (χ3v) is 4.99. The van der Waals surface area contributed by atoms with E-state index in [1.54, 1.807) is 0 Å². The number of amides is 1. The molecule has 24 heavy (non-hydrogen) atoms. The number of carbonyl (C=O) groups excluding carboxylic acids is 1. The summed E-state index contributed by atoms with van der Waals surface area (Å²) in [5.74, 6) is 1.89. The molecule has 0 spiro atoms. The van der Waals surface area contributed by atoms with Crippen LogP contribution in [-0.2, 0) is 11.2 Å². The van der Waals surface area contributed by atoms with E-state index in [0.29, 0.717) is 18.8 Å². The van der Waals surface area contributed by atoms with Crippen LogP contribution in [-0.4, -0.2) is 47.0 Å². The number of aryl methyl sites for hydroxylation is 2. The summed E-state index contributed by atoms with van der Waals surface area (Å²) < 4.78 is 0. The smallest absolute Gasteiger partial charge is 0.223 e. The average Bonchev–Trinajstić information content (AvgIpc) is 3.03. The van der Waals surface area contributed by atoms with Crippen LogP contribution in [0, 0.1) is 12.8 Å². The van der Waals surface area contributed by atoms with E-state index in [9.17, 15) is 4.79 Å². The van der Waals surface area contributed by atoms with E-state index in [2.05, 4.69) is 35.2 Å². The predicted molar refractivity (Wildman–Crippen MR) is 97.0 cm³/mol. The molecule has 0 radical (unpaired) electrons. The van der Waals surface area contributed by atoms with Crippen LogP contribution < -0.4 is 5.32 Å². The molecule has 0 saturated carbocycles. The first-order valence-corrected chi connectivity index (χ1v) is 9.10. The highest BCUT2D eigenvalue weighted by atomic mass is 16.2. The Morgan fingerprint density at radius 2 is 2.17 bits per heavy atom. The van der Waals surface area contributed by atoms with Crippen LogP contribution in [0.25, 0.3) is 11.0 Å². The maximum atomic E-state index is 12.4. The minimum absolute atomic E-state index is 0.258. The SMILES string of the molecule is CCNCC1CCN(C(=O)CCc2nc3c(C)cccc3[nH]2)CC1. The molecule has 1 amide bonds. The van der Waals surface area contributed by atoms with Gasteiger partial charge in [0.2, 0.25) is 5.91 Å². The van der Waals surface area contributed by atoms with Gasteiger partial charge in [0.25, 0.3) is 0 Å². The summed E-state index contributed by atoms with van der Waals surface area (Å²) in [7, 11) is 0. The van der Waals surface area contributed by atoms with Crippen molar-refractivity contribution in [2.75, 3.05) is 26.2 Å².